The second kappa shape index (κ2) is 10.1. The Kier molecular flexibility index (Phi) is 5.57. The quantitative estimate of drug-likeness (QED) is 0.201. The third kappa shape index (κ3) is 4.00. The van der Waals surface area contributed by atoms with E-state index in [0.717, 1.165) is 88.2 Å². The van der Waals surface area contributed by atoms with Crippen LogP contribution in [-0.2, 0) is 0 Å². The average Bonchev–Trinajstić information content (AvgIpc) is 3.71. The van der Waals surface area contributed by atoms with Crippen molar-refractivity contribution in [1.29, 1.82) is 0 Å². The highest BCUT2D eigenvalue weighted by Crippen LogP contribution is 2.44. The van der Waals surface area contributed by atoms with Gasteiger partial charge in [0.05, 0.1) is 5.69 Å². The molecule has 0 spiro atoms. The summed E-state index contributed by atoms with van der Waals surface area (Å²) in [5.41, 5.74) is 9.11. The molecule has 10 rings (SSSR count). The summed E-state index contributed by atoms with van der Waals surface area (Å²) >= 11 is 0. The van der Waals surface area contributed by atoms with E-state index in [2.05, 4.69) is 157 Å². The van der Waals surface area contributed by atoms with Gasteiger partial charge in [0.15, 0.2) is 0 Å². The summed E-state index contributed by atoms with van der Waals surface area (Å²) in [5.74, 6) is 0. The number of hydrogen-bond acceptors (Lipinski definition) is 3. The molecule has 2 heterocycles. The fourth-order valence-corrected chi connectivity index (χ4v) is 7.23. The van der Waals surface area contributed by atoms with Gasteiger partial charge in [0.2, 0.25) is 0 Å². The fourth-order valence-electron chi connectivity index (χ4n) is 7.23. The topological polar surface area (TPSA) is 29.5 Å². The van der Waals surface area contributed by atoms with Crippen LogP contribution in [0.1, 0.15) is 0 Å². The predicted molar refractivity (Wildman–Crippen MR) is 196 cm³/mol. The van der Waals surface area contributed by atoms with E-state index in [-0.39, 0.29) is 0 Å². The van der Waals surface area contributed by atoms with Gasteiger partial charge in [0.1, 0.15) is 22.3 Å². The van der Waals surface area contributed by atoms with Crippen molar-refractivity contribution in [3.63, 3.8) is 0 Å². The largest absolute Gasteiger partial charge is 0.455 e. The van der Waals surface area contributed by atoms with Crippen molar-refractivity contribution in [3.05, 3.63) is 164 Å². The van der Waals surface area contributed by atoms with Crippen LogP contribution in [-0.4, -0.2) is 0 Å². The number of fused-ring (bicyclic) bond motifs is 10. The summed E-state index contributed by atoms with van der Waals surface area (Å²) in [4.78, 5) is 2.33. The molecule has 3 heteroatoms. The molecule has 220 valence electrons. The van der Waals surface area contributed by atoms with Crippen molar-refractivity contribution in [3.8, 4) is 11.1 Å². The van der Waals surface area contributed by atoms with Crippen LogP contribution in [0.2, 0.25) is 0 Å². The SMILES string of the molecule is c1ccc(N(c2ccc3c(c2)oc2c4ccccc4ccc32)c2ccccc2-c2ccc3c(ccc4c5ccccc5oc34)c2)cc1. The molecule has 0 aliphatic carbocycles. The standard InChI is InChI=1S/C44H27NO2/c1-2-11-31(12-3-1)45(32-21-25-37-39-23-18-28-10-4-5-14-34(28)43(39)47-42(37)27-32)40-16-8-6-13-33(40)29-19-22-35-30(26-29)20-24-38-36-15-7-9-17-41(36)46-44(35)38/h1-27H. The molecule has 10 aromatic rings. The lowest BCUT2D eigenvalue weighted by Crippen LogP contribution is -2.11. The highest BCUT2D eigenvalue weighted by atomic mass is 16.3. The van der Waals surface area contributed by atoms with Gasteiger partial charge in [-0.3, -0.25) is 0 Å². The number of furan rings is 2. The van der Waals surface area contributed by atoms with Gasteiger partial charge in [-0.2, -0.15) is 0 Å². The summed E-state index contributed by atoms with van der Waals surface area (Å²) in [6.45, 7) is 0. The van der Waals surface area contributed by atoms with Crippen molar-refractivity contribution >= 4 is 82.5 Å². The number of rotatable bonds is 4. The highest BCUT2D eigenvalue weighted by Gasteiger charge is 2.20. The van der Waals surface area contributed by atoms with E-state index in [9.17, 15) is 0 Å². The van der Waals surface area contributed by atoms with Crippen LogP contribution in [0.25, 0.3) is 76.5 Å². The Bertz CT molecular complexity index is 2810. The molecule has 2 aromatic heterocycles. The number of hydrogen-bond donors (Lipinski definition) is 0. The maximum absolute atomic E-state index is 6.61. The molecule has 0 unspecified atom stereocenters. The molecule has 0 N–H and O–H groups in total. The van der Waals surface area contributed by atoms with Crippen molar-refractivity contribution in [2.75, 3.05) is 4.90 Å². The first-order chi connectivity index (χ1) is 23.3. The van der Waals surface area contributed by atoms with Gasteiger partial charge >= 0.3 is 0 Å². The Hall–Kier alpha value is -6.32. The van der Waals surface area contributed by atoms with E-state index in [1.807, 2.05) is 12.1 Å². The molecule has 0 saturated heterocycles. The summed E-state index contributed by atoms with van der Waals surface area (Å²) in [7, 11) is 0. The van der Waals surface area contributed by atoms with Crippen LogP contribution < -0.4 is 4.90 Å². The maximum Gasteiger partial charge on any atom is 0.143 e. The van der Waals surface area contributed by atoms with Crippen LogP contribution in [0.3, 0.4) is 0 Å². The minimum absolute atomic E-state index is 0.868. The third-order valence-electron chi connectivity index (χ3n) is 9.44. The fraction of sp³-hybridized carbons (Fsp3) is 0. The number of nitrogens with zero attached hydrogens (tertiary/aromatic N) is 1. The van der Waals surface area contributed by atoms with Gasteiger partial charge < -0.3 is 13.7 Å². The molecule has 0 radical (unpaired) electrons. The van der Waals surface area contributed by atoms with Crippen molar-refractivity contribution in [1.82, 2.24) is 0 Å². The summed E-state index contributed by atoms with van der Waals surface area (Å²) in [6, 6.07) is 57.8. The Morgan fingerprint density at radius 2 is 0.979 bits per heavy atom. The van der Waals surface area contributed by atoms with Gasteiger partial charge in [-0.05, 0) is 77.0 Å². The zero-order chi connectivity index (χ0) is 30.9. The van der Waals surface area contributed by atoms with Crippen LogP contribution in [0.4, 0.5) is 17.1 Å². The monoisotopic (exact) mass is 601 g/mol. The van der Waals surface area contributed by atoms with Crippen LogP contribution >= 0.6 is 0 Å². The molecule has 0 saturated carbocycles. The third-order valence-corrected chi connectivity index (χ3v) is 9.44. The lowest BCUT2D eigenvalue weighted by atomic mass is 9.97. The maximum atomic E-state index is 6.61. The summed E-state index contributed by atoms with van der Waals surface area (Å²) < 4.78 is 13.0. The average molecular weight is 602 g/mol. The molecular weight excluding hydrogens is 574 g/mol. The molecule has 0 aliphatic heterocycles. The first-order valence-electron chi connectivity index (χ1n) is 15.9. The first-order valence-corrected chi connectivity index (χ1v) is 15.9. The van der Waals surface area contributed by atoms with E-state index in [0.29, 0.717) is 0 Å². The predicted octanol–water partition coefficient (Wildman–Crippen LogP) is 12.9. The number of benzene rings is 8. The van der Waals surface area contributed by atoms with E-state index in [1.54, 1.807) is 0 Å². The number of anilines is 3. The van der Waals surface area contributed by atoms with Crippen LogP contribution in [0, 0.1) is 0 Å². The molecule has 8 aromatic carbocycles. The van der Waals surface area contributed by atoms with E-state index >= 15 is 0 Å². The molecule has 47 heavy (non-hydrogen) atoms. The Morgan fingerprint density at radius 3 is 1.85 bits per heavy atom. The molecule has 0 fully saturated rings. The molecule has 0 atom stereocenters. The van der Waals surface area contributed by atoms with E-state index in [4.69, 9.17) is 8.83 Å². The molecule has 0 bridgehead atoms. The minimum Gasteiger partial charge on any atom is -0.455 e. The zero-order valence-corrected chi connectivity index (χ0v) is 25.4. The smallest absolute Gasteiger partial charge is 0.143 e. The summed E-state index contributed by atoms with van der Waals surface area (Å²) in [5, 5.41) is 9.10. The Labute approximate surface area is 270 Å². The van der Waals surface area contributed by atoms with E-state index in [1.165, 1.54) is 5.39 Å². The van der Waals surface area contributed by atoms with Crippen LogP contribution in [0.5, 0.6) is 0 Å². The minimum atomic E-state index is 0.868. The number of para-hydroxylation sites is 3. The second-order valence-corrected chi connectivity index (χ2v) is 12.1. The highest BCUT2D eigenvalue weighted by molar-refractivity contribution is 6.16. The van der Waals surface area contributed by atoms with Crippen molar-refractivity contribution in [2.24, 2.45) is 0 Å². The zero-order valence-electron chi connectivity index (χ0n) is 25.4. The first kappa shape index (κ1) is 26.0. The van der Waals surface area contributed by atoms with Crippen molar-refractivity contribution in [2.45, 2.75) is 0 Å². The Balaban J connectivity index is 1.15. The molecule has 0 aliphatic rings. The second-order valence-electron chi connectivity index (χ2n) is 12.1. The van der Waals surface area contributed by atoms with Gasteiger partial charge in [0.25, 0.3) is 0 Å². The van der Waals surface area contributed by atoms with Crippen LogP contribution in [0.15, 0.2) is 173 Å². The molecular formula is C44H27NO2. The van der Waals surface area contributed by atoms with Gasteiger partial charge in [-0.15, -0.1) is 0 Å². The Morgan fingerprint density at radius 1 is 0.362 bits per heavy atom. The van der Waals surface area contributed by atoms with Gasteiger partial charge in [-0.1, -0.05) is 97.1 Å². The van der Waals surface area contributed by atoms with Gasteiger partial charge in [0, 0.05) is 55.3 Å². The lowest BCUT2D eigenvalue weighted by Gasteiger charge is -2.28. The van der Waals surface area contributed by atoms with Crippen molar-refractivity contribution < 1.29 is 8.83 Å². The molecule has 0 amide bonds. The lowest BCUT2D eigenvalue weighted by molar-refractivity contribution is 0.672. The van der Waals surface area contributed by atoms with E-state index < -0.39 is 0 Å². The van der Waals surface area contributed by atoms with Gasteiger partial charge in [-0.25, -0.2) is 0 Å². The normalized spacial score (nSPS) is 11.8. The summed E-state index contributed by atoms with van der Waals surface area (Å²) in [6.07, 6.45) is 0. The molecule has 3 nitrogen and oxygen atoms in total.